The van der Waals surface area contributed by atoms with Crippen LogP contribution in [0.15, 0.2) is 30.3 Å². The number of benzene rings is 1. The number of halogens is 1. The van der Waals surface area contributed by atoms with Gasteiger partial charge in [0.15, 0.2) is 0 Å². The Morgan fingerprint density at radius 2 is 2.08 bits per heavy atom. The van der Waals surface area contributed by atoms with Crippen molar-refractivity contribution in [3.8, 4) is 0 Å². The number of alkyl halides is 1. The minimum Gasteiger partial charge on any atom is -0.298 e. The molecule has 1 saturated carbocycles. The molecule has 0 spiro atoms. The second kappa shape index (κ2) is 3.62. The SMILES string of the molecule is O=C(CBr)[C@H]1C[C@@H]1c1ccccc1. The first-order valence-corrected chi connectivity index (χ1v) is 5.58. The average molecular weight is 239 g/mol. The fourth-order valence-electron chi connectivity index (χ4n) is 1.72. The van der Waals surface area contributed by atoms with Crippen LogP contribution < -0.4 is 0 Å². The third-order valence-electron chi connectivity index (χ3n) is 2.56. The third kappa shape index (κ3) is 1.83. The number of ketones is 1. The van der Waals surface area contributed by atoms with Crippen LogP contribution >= 0.6 is 15.9 Å². The molecule has 0 heterocycles. The molecule has 1 aliphatic rings. The van der Waals surface area contributed by atoms with Gasteiger partial charge in [-0.05, 0) is 17.9 Å². The van der Waals surface area contributed by atoms with Crippen molar-refractivity contribution in [2.75, 3.05) is 5.33 Å². The number of hydrogen-bond donors (Lipinski definition) is 0. The molecule has 13 heavy (non-hydrogen) atoms. The Morgan fingerprint density at radius 1 is 1.38 bits per heavy atom. The molecule has 1 aliphatic carbocycles. The molecule has 1 nitrogen and oxygen atoms in total. The van der Waals surface area contributed by atoms with E-state index < -0.39 is 0 Å². The van der Waals surface area contributed by atoms with Crippen molar-refractivity contribution in [2.45, 2.75) is 12.3 Å². The second-order valence-electron chi connectivity index (χ2n) is 3.46. The molecule has 2 heteroatoms. The van der Waals surface area contributed by atoms with Gasteiger partial charge in [0, 0.05) is 5.92 Å². The summed E-state index contributed by atoms with van der Waals surface area (Å²) in [4.78, 5) is 11.3. The summed E-state index contributed by atoms with van der Waals surface area (Å²) < 4.78 is 0. The molecule has 0 aliphatic heterocycles. The fourth-order valence-corrected chi connectivity index (χ4v) is 2.13. The maximum absolute atomic E-state index is 11.3. The number of carbonyl (C=O) groups is 1. The lowest BCUT2D eigenvalue weighted by molar-refractivity contribution is -0.117. The van der Waals surface area contributed by atoms with Crippen molar-refractivity contribution < 1.29 is 4.79 Å². The lowest BCUT2D eigenvalue weighted by Gasteiger charge is -1.97. The summed E-state index contributed by atoms with van der Waals surface area (Å²) in [5, 5.41) is 0.501. The Balaban J connectivity index is 2.04. The van der Waals surface area contributed by atoms with Crippen molar-refractivity contribution >= 4 is 21.7 Å². The molecule has 0 bridgehead atoms. The highest BCUT2D eigenvalue weighted by molar-refractivity contribution is 9.09. The van der Waals surface area contributed by atoms with E-state index in [1.165, 1.54) is 5.56 Å². The lowest BCUT2D eigenvalue weighted by Crippen LogP contribution is -2.02. The summed E-state index contributed by atoms with van der Waals surface area (Å²) in [6.07, 6.45) is 1.04. The van der Waals surface area contributed by atoms with Crippen molar-refractivity contribution in [3.63, 3.8) is 0 Å². The van der Waals surface area contributed by atoms with E-state index in [0.717, 1.165) is 6.42 Å². The highest BCUT2D eigenvalue weighted by Gasteiger charge is 2.42. The van der Waals surface area contributed by atoms with E-state index in [0.29, 0.717) is 17.0 Å². The lowest BCUT2D eigenvalue weighted by atomic mass is 10.1. The summed E-state index contributed by atoms with van der Waals surface area (Å²) in [6, 6.07) is 10.3. The van der Waals surface area contributed by atoms with E-state index in [9.17, 15) is 4.79 Å². The van der Waals surface area contributed by atoms with Crippen molar-refractivity contribution in [1.82, 2.24) is 0 Å². The maximum Gasteiger partial charge on any atom is 0.147 e. The predicted octanol–water partition coefficient (Wildman–Crippen LogP) is 2.75. The van der Waals surface area contributed by atoms with Gasteiger partial charge < -0.3 is 0 Å². The van der Waals surface area contributed by atoms with Crippen LogP contribution in [-0.4, -0.2) is 11.1 Å². The van der Waals surface area contributed by atoms with Gasteiger partial charge >= 0.3 is 0 Å². The van der Waals surface area contributed by atoms with E-state index in [1.54, 1.807) is 0 Å². The van der Waals surface area contributed by atoms with E-state index in [4.69, 9.17) is 0 Å². The van der Waals surface area contributed by atoms with Crippen LogP contribution in [0, 0.1) is 5.92 Å². The number of hydrogen-bond acceptors (Lipinski definition) is 1. The Labute approximate surface area is 86.3 Å². The van der Waals surface area contributed by atoms with Gasteiger partial charge in [-0.2, -0.15) is 0 Å². The molecule has 1 fully saturated rings. The molecule has 0 saturated heterocycles. The molecule has 0 aromatic heterocycles. The van der Waals surface area contributed by atoms with Gasteiger partial charge in [-0.1, -0.05) is 46.3 Å². The Hall–Kier alpha value is -0.630. The molecule has 0 N–H and O–H groups in total. The molecular formula is C11H11BrO. The molecule has 2 atom stereocenters. The number of Topliss-reactive ketones (excluding diaryl/α,β-unsaturated/α-hetero) is 1. The molecule has 1 aromatic carbocycles. The minimum absolute atomic E-state index is 0.279. The van der Waals surface area contributed by atoms with Crippen LogP contribution in [-0.2, 0) is 4.79 Å². The smallest absolute Gasteiger partial charge is 0.147 e. The Kier molecular flexibility index (Phi) is 2.49. The first-order valence-electron chi connectivity index (χ1n) is 4.46. The third-order valence-corrected chi connectivity index (χ3v) is 3.12. The largest absolute Gasteiger partial charge is 0.298 e. The molecule has 1 aromatic rings. The summed E-state index contributed by atoms with van der Waals surface area (Å²) in [6.45, 7) is 0. The highest BCUT2D eigenvalue weighted by atomic mass is 79.9. The van der Waals surface area contributed by atoms with Crippen LogP contribution in [0.25, 0.3) is 0 Å². The zero-order valence-electron chi connectivity index (χ0n) is 7.24. The van der Waals surface area contributed by atoms with E-state index in [2.05, 4.69) is 28.1 Å². The Morgan fingerprint density at radius 3 is 2.69 bits per heavy atom. The summed E-state index contributed by atoms with van der Waals surface area (Å²) in [7, 11) is 0. The molecular weight excluding hydrogens is 228 g/mol. The summed E-state index contributed by atoms with van der Waals surface area (Å²) >= 11 is 3.21. The molecule has 0 radical (unpaired) electrons. The van der Waals surface area contributed by atoms with Crippen LogP contribution in [0.2, 0.25) is 0 Å². The van der Waals surface area contributed by atoms with Crippen LogP contribution in [0.1, 0.15) is 17.9 Å². The standard InChI is InChI=1S/C11H11BrO/c12-7-11(13)10-6-9(10)8-4-2-1-3-5-8/h1-5,9-10H,6-7H2/t9-,10+/m1/s1. The van der Waals surface area contributed by atoms with Crippen molar-refractivity contribution in [3.05, 3.63) is 35.9 Å². The first-order chi connectivity index (χ1) is 6.33. The quantitative estimate of drug-likeness (QED) is 0.741. The zero-order chi connectivity index (χ0) is 9.26. The average Bonchev–Trinajstić information content (AvgIpc) is 2.98. The summed E-state index contributed by atoms with van der Waals surface area (Å²) in [5.41, 5.74) is 1.31. The van der Waals surface area contributed by atoms with E-state index in [1.807, 2.05) is 18.2 Å². The van der Waals surface area contributed by atoms with Gasteiger partial charge in [0.25, 0.3) is 0 Å². The van der Waals surface area contributed by atoms with Crippen LogP contribution in [0.4, 0.5) is 0 Å². The molecule has 2 rings (SSSR count). The predicted molar refractivity (Wildman–Crippen MR) is 56.1 cm³/mol. The van der Waals surface area contributed by atoms with Gasteiger partial charge in [0.2, 0.25) is 0 Å². The van der Waals surface area contributed by atoms with E-state index >= 15 is 0 Å². The highest BCUT2D eigenvalue weighted by Crippen LogP contribution is 2.47. The van der Waals surface area contributed by atoms with Gasteiger partial charge in [0.05, 0.1) is 5.33 Å². The van der Waals surface area contributed by atoms with E-state index in [-0.39, 0.29) is 5.92 Å². The number of rotatable bonds is 3. The van der Waals surface area contributed by atoms with Gasteiger partial charge in [-0.25, -0.2) is 0 Å². The molecule has 0 unspecified atom stereocenters. The fraction of sp³-hybridized carbons (Fsp3) is 0.364. The van der Waals surface area contributed by atoms with Crippen LogP contribution in [0.3, 0.4) is 0 Å². The van der Waals surface area contributed by atoms with Gasteiger partial charge in [-0.15, -0.1) is 0 Å². The van der Waals surface area contributed by atoms with Crippen molar-refractivity contribution in [2.24, 2.45) is 5.92 Å². The summed E-state index contributed by atoms with van der Waals surface area (Å²) in [5.74, 6) is 1.11. The van der Waals surface area contributed by atoms with Crippen LogP contribution in [0.5, 0.6) is 0 Å². The van der Waals surface area contributed by atoms with Crippen molar-refractivity contribution in [1.29, 1.82) is 0 Å². The number of carbonyl (C=O) groups excluding carboxylic acids is 1. The minimum atomic E-state index is 0.279. The maximum atomic E-state index is 11.3. The molecule has 0 amide bonds. The monoisotopic (exact) mass is 238 g/mol. The first kappa shape index (κ1) is 8.95. The molecule has 68 valence electrons. The second-order valence-corrected chi connectivity index (χ2v) is 4.02. The van der Waals surface area contributed by atoms with Gasteiger partial charge in [-0.3, -0.25) is 4.79 Å². The van der Waals surface area contributed by atoms with Gasteiger partial charge in [0.1, 0.15) is 5.78 Å². The Bertz CT molecular complexity index is 307. The topological polar surface area (TPSA) is 17.1 Å². The zero-order valence-corrected chi connectivity index (χ0v) is 8.83. The normalized spacial score (nSPS) is 25.6.